The van der Waals surface area contributed by atoms with Gasteiger partial charge in [-0.3, -0.25) is 9.10 Å². The minimum absolute atomic E-state index is 0.133. The van der Waals surface area contributed by atoms with Crippen molar-refractivity contribution in [1.29, 1.82) is 0 Å². The van der Waals surface area contributed by atoms with E-state index >= 15 is 0 Å². The highest BCUT2D eigenvalue weighted by atomic mass is 35.5. The van der Waals surface area contributed by atoms with E-state index in [9.17, 15) is 13.2 Å². The second kappa shape index (κ2) is 11.1. The van der Waals surface area contributed by atoms with Crippen molar-refractivity contribution in [3.05, 3.63) is 101 Å². The van der Waals surface area contributed by atoms with E-state index in [4.69, 9.17) is 16.3 Å². The van der Waals surface area contributed by atoms with E-state index in [2.05, 4.69) is 5.32 Å². The highest BCUT2D eigenvalue weighted by Gasteiger charge is 2.18. The molecular formula is C24H25ClN2O4S. The van der Waals surface area contributed by atoms with Crippen molar-refractivity contribution in [3.63, 3.8) is 0 Å². The topological polar surface area (TPSA) is 75.7 Å². The predicted molar refractivity (Wildman–Crippen MR) is 127 cm³/mol. The molecule has 0 unspecified atom stereocenters. The zero-order chi connectivity index (χ0) is 23.0. The van der Waals surface area contributed by atoms with Crippen molar-refractivity contribution < 1.29 is 17.9 Å². The summed E-state index contributed by atoms with van der Waals surface area (Å²) in [6.45, 7) is 1.43. The van der Waals surface area contributed by atoms with Crippen LogP contribution in [-0.2, 0) is 27.9 Å². The third-order valence-corrected chi connectivity index (χ3v) is 6.06. The molecule has 8 heteroatoms. The molecule has 0 radical (unpaired) electrons. The Kier molecular flexibility index (Phi) is 8.27. The molecule has 0 aromatic heterocycles. The standard InChI is InChI=1S/C24H25ClN2O4S/c1-32(29,30)27(23-9-5-8-22(25)16-23)17-19-10-12-21(13-11-19)24(28)26-14-15-31-18-20-6-3-2-4-7-20/h2-13,16H,14-15,17-18H2,1H3,(H,26,28). The monoisotopic (exact) mass is 472 g/mol. The molecule has 0 aliphatic rings. The van der Waals surface area contributed by atoms with Crippen LogP contribution in [0.5, 0.6) is 0 Å². The molecule has 1 N–H and O–H groups in total. The first-order chi connectivity index (χ1) is 15.3. The number of nitrogens with zero attached hydrogens (tertiary/aromatic N) is 1. The summed E-state index contributed by atoms with van der Waals surface area (Å²) in [4.78, 5) is 12.3. The van der Waals surface area contributed by atoms with Gasteiger partial charge in [-0.25, -0.2) is 8.42 Å². The number of carbonyl (C=O) groups excluding carboxylic acids is 1. The lowest BCUT2D eigenvalue weighted by Crippen LogP contribution is -2.29. The molecule has 0 aliphatic heterocycles. The van der Waals surface area contributed by atoms with Crippen LogP contribution in [0.3, 0.4) is 0 Å². The Hall–Kier alpha value is -2.87. The second-order valence-electron chi connectivity index (χ2n) is 7.24. The van der Waals surface area contributed by atoms with Crippen LogP contribution in [0.1, 0.15) is 21.5 Å². The molecule has 0 saturated heterocycles. The van der Waals surface area contributed by atoms with E-state index in [-0.39, 0.29) is 12.5 Å². The lowest BCUT2D eigenvalue weighted by atomic mass is 10.1. The van der Waals surface area contributed by atoms with Gasteiger partial charge in [-0.05, 0) is 41.5 Å². The van der Waals surface area contributed by atoms with E-state index < -0.39 is 10.0 Å². The van der Waals surface area contributed by atoms with Crippen LogP contribution in [0, 0.1) is 0 Å². The van der Waals surface area contributed by atoms with Gasteiger partial charge >= 0.3 is 0 Å². The Balaban J connectivity index is 1.53. The third kappa shape index (κ3) is 7.09. The Labute approximate surface area is 193 Å². The first-order valence-electron chi connectivity index (χ1n) is 10.0. The van der Waals surface area contributed by atoms with Gasteiger partial charge in [-0.1, -0.05) is 60.1 Å². The quantitative estimate of drug-likeness (QED) is 0.447. The Morgan fingerprint density at radius 2 is 1.69 bits per heavy atom. The predicted octanol–water partition coefficient (Wildman–Crippen LogP) is 4.25. The van der Waals surface area contributed by atoms with Gasteiger partial charge in [0.2, 0.25) is 10.0 Å². The molecule has 0 fully saturated rings. The molecule has 168 valence electrons. The maximum absolute atomic E-state index is 12.3. The average molecular weight is 473 g/mol. The van der Waals surface area contributed by atoms with E-state index in [1.54, 1.807) is 48.5 Å². The van der Waals surface area contributed by atoms with Gasteiger partial charge in [-0.2, -0.15) is 0 Å². The van der Waals surface area contributed by atoms with E-state index in [0.29, 0.717) is 36.0 Å². The minimum Gasteiger partial charge on any atom is -0.375 e. The summed E-state index contributed by atoms with van der Waals surface area (Å²) < 4.78 is 31.4. The molecule has 0 atom stereocenters. The fourth-order valence-corrected chi connectivity index (χ4v) is 4.13. The van der Waals surface area contributed by atoms with E-state index in [1.165, 1.54) is 4.31 Å². The second-order valence-corrected chi connectivity index (χ2v) is 9.58. The maximum Gasteiger partial charge on any atom is 0.251 e. The molecular weight excluding hydrogens is 448 g/mol. The average Bonchev–Trinajstić information content (AvgIpc) is 2.77. The van der Waals surface area contributed by atoms with Crippen molar-refractivity contribution >= 4 is 33.2 Å². The number of ether oxygens (including phenoxy) is 1. The fourth-order valence-electron chi connectivity index (χ4n) is 3.06. The van der Waals surface area contributed by atoms with E-state index in [0.717, 1.165) is 17.4 Å². The van der Waals surface area contributed by atoms with Gasteiger partial charge in [0.1, 0.15) is 0 Å². The Morgan fingerprint density at radius 3 is 2.34 bits per heavy atom. The zero-order valence-electron chi connectivity index (χ0n) is 17.7. The fraction of sp³-hybridized carbons (Fsp3) is 0.208. The van der Waals surface area contributed by atoms with Crippen LogP contribution in [0.4, 0.5) is 5.69 Å². The van der Waals surface area contributed by atoms with Crippen LogP contribution >= 0.6 is 11.6 Å². The van der Waals surface area contributed by atoms with Gasteiger partial charge in [0.15, 0.2) is 0 Å². The number of halogens is 1. The van der Waals surface area contributed by atoms with Crippen LogP contribution in [-0.4, -0.2) is 33.7 Å². The zero-order valence-corrected chi connectivity index (χ0v) is 19.3. The molecule has 0 saturated carbocycles. The van der Waals surface area contributed by atoms with Crippen molar-refractivity contribution in [2.75, 3.05) is 23.7 Å². The molecule has 3 aromatic carbocycles. The normalized spacial score (nSPS) is 11.2. The highest BCUT2D eigenvalue weighted by molar-refractivity contribution is 7.92. The molecule has 0 aliphatic carbocycles. The SMILES string of the molecule is CS(=O)(=O)N(Cc1ccc(C(=O)NCCOCc2ccccc2)cc1)c1cccc(Cl)c1. The van der Waals surface area contributed by atoms with Crippen LogP contribution in [0.25, 0.3) is 0 Å². The van der Waals surface area contributed by atoms with Crippen molar-refractivity contribution in [2.24, 2.45) is 0 Å². The van der Waals surface area contributed by atoms with Crippen LogP contribution < -0.4 is 9.62 Å². The first kappa shape index (κ1) is 23.8. The van der Waals surface area contributed by atoms with Gasteiger partial charge in [0.05, 0.1) is 31.7 Å². The smallest absolute Gasteiger partial charge is 0.251 e. The molecule has 3 rings (SSSR count). The molecule has 3 aromatic rings. The molecule has 6 nitrogen and oxygen atoms in total. The number of sulfonamides is 1. The van der Waals surface area contributed by atoms with E-state index in [1.807, 2.05) is 30.3 Å². The summed E-state index contributed by atoms with van der Waals surface area (Å²) in [6, 6.07) is 23.3. The van der Waals surface area contributed by atoms with Gasteiger partial charge in [0.25, 0.3) is 5.91 Å². The molecule has 0 bridgehead atoms. The third-order valence-electron chi connectivity index (χ3n) is 4.68. The number of hydrogen-bond donors (Lipinski definition) is 1. The summed E-state index contributed by atoms with van der Waals surface area (Å²) in [6.07, 6.45) is 1.15. The maximum atomic E-state index is 12.3. The van der Waals surface area contributed by atoms with Gasteiger partial charge < -0.3 is 10.1 Å². The largest absolute Gasteiger partial charge is 0.375 e. The molecule has 0 spiro atoms. The Bertz CT molecular complexity index is 1140. The molecule has 0 heterocycles. The Morgan fingerprint density at radius 1 is 0.969 bits per heavy atom. The summed E-state index contributed by atoms with van der Waals surface area (Å²) >= 11 is 6.02. The summed E-state index contributed by atoms with van der Waals surface area (Å²) in [7, 11) is -3.52. The minimum atomic E-state index is -3.52. The summed E-state index contributed by atoms with van der Waals surface area (Å²) in [5.41, 5.74) is 2.80. The lowest BCUT2D eigenvalue weighted by Gasteiger charge is -2.22. The number of amides is 1. The number of hydrogen-bond acceptors (Lipinski definition) is 4. The van der Waals surface area contributed by atoms with Crippen molar-refractivity contribution in [1.82, 2.24) is 5.32 Å². The number of carbonyl (C=O) groups is 1. The lowest BCUT2D eigenvalue weighted by molar-refractivity contribution is 0.0901. The van der Waals surface area contributed by atoms with Crippen LogP contribution in [0.15, 0.2) is 78.9 Å². The van der Waals surface area contributed by atoms with Gasteiger partial charge in [-0.15, -0.1) is 0 Å². The van der Waals surface area contributed by atoms with Crippen molar-refractivity contribution in [3.8, 4) is 0 Å². The number of nitrogens with one attached hydrogen (secondary N) is 1. The molecule has 1 amide bonds. The van der Waals surface area contributed by atoms with Gasteiger partial charge in [0, 0.05) is 17.1 Å². The van der Waals surface area contributed by atoms with Crippen molar-refractivity contribution in [2.45, 2.75) is 13.2 Å². The summed E-state index contributed by atoms with van der Waals surface area (Å²) in [5.74, 6) is -0.213. The number of rotatable bonds is 10. The highest BCUT2D eigenvalue weighted by Crippen LogP contribution is 2.24. The number of anilines is 1. The van der Waals surface area contributed by atoms with Crippen LogP contribution in [0.2, 0.25) is 5.02 Å². The number of benzene rings is 3. The molecule has 32 heavy (non-hydrogen) atoms. The summed E-state index contributed by atoms with van der Waals surface area (Å²) in [5, 5.41) is 3.27. The first-order valence-corrected chi connectivity index (χ1v) is 12.3.